The minimum Gasteiger partial charge on any atom is -0.508 e. The Hall–Kier alpha value is -0.843. The highest BCUT2D eigenvalue weighted by Crippen LogP contribution is 2.06. The SMILES string of the molecule is CCCCCO[SiH](OCCCCC)c1ccc(O)cc1. The summed E-state index contributed by atoms with van der Waals surface area (Å²) in [4.78, 5) is 0. The van der Waals surface area contributed by atoms with Crippen molar-refractivity contribution in [3.63, 3.8) is 0 Å². The Morgan fingerprint density at radius 1 is 0.850 bits per heavy atom. The summed E-state index contributed by atoms with van der Waals surface area (Å²) >= 11 is 0. The van der Waals surface area contributed by atoms with Crippen LogP contribution in [0.3, 0.4) is 0 Å². The second-order valence-corrected chi connectivity index (χ2v) is 7.08. The Kier molecular flexibility index (Phi) is 9.37. The molecule has 1 aromatic rings. The number of aromatic hydroxyl groups is 1. The van der Waals surface area contributed by atoms with Crippen LogP contribution in [0.25, 0.3) is 0 Å². The van der Waals surface area contributed by atoms with Gasteiger partial charge in [0.2, 0.25) is 0 Å². The van der Waals surface area contributed by atoms with Crippen molar-refractivity contribution in [3.8, 4) is 5.75 Å². The maximum atomic E-state index is 9.36. The fraction of sp³-hybridized carbons (Fsp3) is 0.625. The second-order valence-electron chi connectivity index (χ2n) is 5.08. The van der Waals surface area contributed by atoms with E-state index in [-0.39, 0.29) is 0 Å². The summed E-state index contributed by atoms with van der Waals surface area (Å²) in [7, 11) is -1.81. The first-order valence-corrected chi connectivity index (χ1v) is 9.32. The van der Waals surface area contributed by atoms with E-state index in [1.165, 1.54) is 25.7 Å². The molecule has 0 saturated carbocycles. The third kappa shape index (κ3) is 7.08. The molecule has 0 bridgehead atoms. The average molecular weight is 296 g/mol. The molecule has 0 atom stereocenters. The van der Waals surface area contributed by atoms with Gasteiger partial charge in [-0.3, -0.25) is 0 Å². The van der Waals surface area contributed by atoms with Crippen LogP contribution in [0.4, 0.5) is 0 Å². The highest BCUT2D eigenvalue weighted by molar-refractivity contribution is 6.61. The van der Waals surface area contributed by atoms with Crippen molar-refractivity contribution in [2.24, 2.45) is 0 Å². The molecule has 20 heavy (non-hydrogen) atoms. The Morgan fingerprint density at radius 3 is 1.80 bits per heavy atom. The van der Waals surface area contributed by atoms with Crippen LogP contribution in [0.2, 0.25) is 0 Å². The zero-order chi connectivity index (χ0) is 14.6. The third-order valence-corrected chi connectivity index (χ3v) is 5.21. The van der Waals surface area contributed by atoms with Crippen LogP contribution >= 0.6 is 0 Å². The van der Waals surface area contributed by atoms with Gasteiger partial charge in [-0.15, -0.1) is 0 Å². The lowest BCUT2D eigenvalue weighted by molar-refractivity contribution is 0.200. The standard InChI is InChI=1S/C16H28O3Si/c1-3-5-7-13-18-20(19-14-8-6-4-2)16-11-9-15(17)10-12-16/h9-12,17,20H,3-8,13-14H2,1-2H3. The van der Waals surface area contributed by atoms with E-state index in [4.69, 9.17) is 8.85 Å². The van der Waals surface area contributed by atoms with Crippen molar-refractivity contribution in [3.05, 3.63) is 24.3 Å². The zero-order valence-corrected chi connectivity index (χ0v) is 14.0. The Morgan fingerprint density at radius 2 is 1.35 bits per heavy atom. The zero-order valence-electron chi connectivity index (χ0n) is 12.8. The van der Waals surface area contributed by atoms with Crippen LogP contribution < -0.4 is 5.19 Å². The van der Waals surface area contributed by atoms with E-state index in [9.17, 15) is 5.11 Å². The number of hydrogen-bond donors (Lipinski definition) is 1. The van der Waals surface area contributed by atoms with Crippen LogP contribution in [0.5, 0.6) is 5.75 Å². The largest absolute Gasteiger partial charge is 0.508 e. The third-order valence-electron chi connectivity index (χ3n) is 3.20. The molecule has 0 unspecified atom stereocenters. The minimum atomic E-state index is -1.81. The number of unbranched alkanes of at least 4 members (excludes halogenated alkanes) is 4. The molecule has 0 aliphatic rings. The summed E-state index contributed by atoms with van der Waals surface area (Å²) in [5, 5.41) is 10.5. The molecule has 0 saturated heterocycles. The number of phenols is 1. The van der Waals surface area contributed by atoms with Crippen LogP contribution in [0.15, 0.2) is 24.3 Å². The molecule has 1 rings (SSSR count). The number of benzene rings is 1. The summed E-state index contributed by atoms with van der Waals surface area (Å²) in [5.74, 6) is 0.290. The number of hydrogen-bond acceptors (Lipinski definition) is 3. The van der Waals surface area contributed by atoms with Crippen molar-refractivity contribution < 1.29 is 14.0 Å². The normalized spacial score (nSPS) is 11.2. The molecule has 0 fully saturated rings. The van der Waals surface area contributed by atoms with Crippen LogP contribution in [0, 0.1) is 0 Å². The van der Waals surface area contributed by atoms with E-state index in [0.717, 1.165) is 31.2 Å². The highest BCUT2D eigenvalue weighted by Gasteiger charge is 2.16. The topological polar surface area (TPSA) is 38.7 Å². The molecular weight excluding hydrogens is 268 g/mol. The van der Waals surface area contributed by atoms with Gasteiger partial charge < -0.3 is 14.0 Å². The van der Waals surface area contributed by atoms with E-state index >= 15 is 0 Å². The van der Waals surface area contributed by atoms with Gasteiger partial charge in [0.15, 0.2) is 0 Å². The van der Waals surface area contributed by atoms with E-state index < -0.39 is 9.28 Å². The maximum absolute atomic E-state index is 9.36. The lowest BCUT2D eigenvalue weighted by atomic mass is 10.3. The van der Waals surface area contributed by atoms with Crippen LogP contribution in [0.1, 0.15) is 52.4 Å². The molecule has 1 N–H and O–H groups in total. The Bertz CT molecular complexity index is 328. The first-order valence-electron chi connectivity index (χ1n) is 7.80. The van der Waals surface area contributed by atoms with Crippen molar-refractivity contribution in [1.29, 1.82) is 0 Å². The van der Waals surface area contributed by atoms with Gasteiger partial charge in [0.1, 0.15) is 5.75 Å². The van der Waals surface area contributed by atoms with Gasteiger partial charge in [-0.25, -0.2) is 0 Å². The Balaban J connectivity index is 2.47. The summed E-state index contributed by atoms with van der Waals surface area (Å²) in [6.45, 7) is 5.94. The predicted octanol–water partition coefficient (Wildman–Crippen LogP) is 3.23. The van der Waals surface area contributed by atoms with Gasteiger partial charge >= 0.3 is 9.28 Å². The fourth-order valence-corrected chi connectivity index (χ4v) is 3.71. The molecule has 3 nitrogen and oxygen atoms in total. The monoisotopic (exact) mass is 296 g/mol. The fourth-order valence-electron chi connectivity index (χ4n) is 1.96. The van der Waals surface area contributed by atoms with Crippen LogP contribution in [-0.2, 0) is 8.85 Å². The number of phenolic OH excluding ortho intramolecular Hbond substituents is 1. The van der Waals surface area contributed by atoms with Gasteiger partial charge in [0.25, 0.3) is 0 Å². The molecule has 0 amide bonds. The van der Waals surface area contributed by atoms with Crippen molar-refractivity contribution in [2.75, 3.05) is 13.2 Å². The summed E-state index contributed by atoms with van der Waals surface area (Å²) in [6, 6.07) is 7.26. The molecule has 114 valence electrons. The van der Waals surface area contributed by atoms with Gasteiger partial charge in [-0.05, 0) is 30.2 Å². The Labute approximate surface area is 124 Å². The van der Waals surface area contributed by atoms with Gasteiger partial charge in [-0.2, -0.15) is 0 Å². The lowest BCUT2D eigenvalue weighted by Gasteiger charge is -2.17. The first-order chi connectivity index (χ1) is 9.77. The highest BCUT2D eigenvalue weighted by atomic mass is 28.3. The number of rotatable bonds is 11. The minimum absolute atomic E-state index is 0.290. The molecule has 0 aliphatic heterocycles. The summed E-state index contributed by atoms with van der Waals surface area (Å²) in [5.41, 5.74) is 0. The first kappa shape index (κ1) is 17.2. The van der Waals surface area contributed by atoms with Gasteiger partial charge in [0.05, 0.1) is 0 Å². The smallest absolute Gasteiger partial charge is 0.355 e. The van der Waals surface area contributed by atoms with Crippen LogP contribution in [-0.4, -0.2) is 27.6 Å². The van der Waals surface area contributed by atoms with E-state index in [1.807, 2.05) is 12.1 Å². The summed E-state index contributed by atoms with van der Waals surface area (Å²) in [6.07, 6.45) is 6.99. The molecule has 0 radical (unpaired) electrons. The molecule has 0 aliphatic carbocycles. The van der Waals surface area contributed by atoms with Gasteiger partial charge in [-0.1, -0.05) is 51.7 Å². The predicted molar refractivity (Wildman–Crippen MR) is 85.8 cm³/mol. The summed E-state index contributed by atoms with van der Waals surface area (Å²) < 4.78 is 12.0. The lowest BCUT2D eigenvalue weighted by Crippen LogP contribution is -2.37. The van der Waals surface area contributed by atoms with E-state index in [0.29, 0.717) is 5.75 Å². The van der Waals surface area contributed by atoms with Crippen molar-refractivity contribution in [2.45, 2.75) is 52.4 Å². The molecule has 0 spiro atoms. The quantitative estimate of drug-likeness (QED) is 0.503. The van der Waals surface area contributed by atoms with E-state index in [2.05, 4.69) is 13.8 Å². The van der Waals surface area contributed by atoms with Gasteiger partial charge in [0, 0.05) is 13.2 Å². The molecule has 1 aromatic carbocycles. The second kappa shape index (κ2) is 10.9. The average Bonchev–Trinajstić information content (AvgIpc) is 2.47. The van der Waals surface area contributed by atoms with Crippen molar-refractivity contribution >= 4 is 14.5 Å². The molecule has 4 heteroatoms. The van der Waals surface area contributed by atoms with E-state index in [1.54, 1.807) is 12.1 Å². The molecule has 0 heterocycles. The molecule has 0 aromatic heterocycles. The van der Waals surface area contributed by atoms with Crippen molar-refractivity contribution in [1.82, 2.24) is 0 Å². The maximum Gasteiger partial charge on any atom is 0.355 e. The molecular formula is C16H28O3Si.